The molecule has 5 atom stereocenters. The summed E-state index contributed by atoms with van der Waals surface area (Å²) in [6, 6.07) is 3.34. The molecule has 150 valence electrons. The molecule has 11 nitrogen and oxygen atoms in total. The number of hydrogen-bond acceptors (Lipinski definition) is 10. The molecule has 0 unspecified atom stereocenters. The highest BCUT2D eigenvalue weighted by molar-refractivity contribution is 5.82. The smallest absolute Gasteiger partial charge is 0.347 e. The second-order valence-corrected chi connectivity index (χ2v) is 7.11. The van der Waals surface area contributed by atoms with Crippen molar-refractivity contribution in [2.45, 2.75) is 49.8 Å². The van der Waals surface area contributed by atoms with Crippen LogP contribution in [0, 0.1) is 0 Å². The Bertz CT molecular complexity index is 931. The lowest BCUT2D eigenvalue weighted by atomic mass is 9.97. The number of rotatable bonds is 4. The van der Waals surface area contributed by atoms with Gasteiger partial charge in [0.25, 0.3) is 0 Å². The molecule has 0 radical (unpaired) electrons. The standard InChI is InChI=1S/C17H20N4O7/c1-17(6-26-16(25)10-4-5-11(22)27-10)14(24)12(23)13(28-17)8-2-3-9-15(18)19-7-20-21(8)9/h2-3,7,10,12-14,23-24H,4-6H2,1H3,(H2,18,19,20)/t10-,12+,13+,14+,17-/m1/s1. The van der Waals surface area contributed by atoms with Crippen LogP contribution in [0.15, 0.2) is 18.5 Å². The molecule has 0 aliphatic carbocycles. The Labute approximate surface area is 159 Å². The number of carbonyl (C=O) groups excluding carboxylic acids is 2. The third-order valence-electron chi connectivity index (χ3n) is 5.11. The van der Waals surface area contributed by atoms with E-state index in [0.717, 1.165) is 0 Å². The van der Waals surface area contributed by atoms with E-state index < -0.39 is 42.0 Å². The lowest BCUT2D eigenvalue weighted by molar-refractivity contribution is -0.172. The lowest BCUT2D eigenvalue weighted by Crippen LogP contribution is -2.45. The summed E-state index contributed by atoms with van der Waals surface area (Å²) in [6.07, 6.45) is -2.83. The van der Waals surface area contributed by atoms with Crippen LogP contribution in [0.25, 0.3) is 5.52 Å². The van der Waals surface area contributed by atoms with Crippen molar-refractivity contribution in [3.05, 3.63) is 24.2 Å². The van der Waals surface area contributed by atoms with Crippen LogP contribution in [-0.4, -0.2) is 67.3 Å². The summed E-state index contributed by atoms with van der Waals surface area (Å²) in [4.78, 5) is 27.1. The summed E-state index contributed by atoms with van der Waals surface area (Å²) >= 11 is 0. The van der Waals surface area contributed by atoms with E-state index in [2.05, 4.69) is 10.1 Å². The maximum atomic E-state index is 12.1. The number of hydrogen-bond donors (Lipinski definition) is 3. The maximum absolute atomic E-state index is 12.1. The highest BCUT2D eigenvalue weighted by Crippen LogP contribution is 2.40. The molecule has 2 saturated heterocycles. The molecule has 0 saturated carbocycles. The van der Waals surface area contributed by atoms with Gasteiger partial charge >= 0.3 is 11.9 Å². The number of nitrogens with zero attached hydrogens (tertiary/aromatic N) is 3. The van der Waals surface area contributed by atoms with E-state index in [4.69, 9.17) is 19.9 Å². The van der Waals surface area contributed by atoms with Crippen molar-refractivity contribution in [3.8, 4) is 0 Å². The second-order valence-electron chi connectivity index (χ2n) is 7.11. The molecule has 2 aliphatic rings. The fourth-order valence-corrected chi connectivity index (χ4v) is 3.50. The molecule has 0 spiro atoms. The predicted molar refractivity (Wildman–Crippen MR) is 91.7 cm³/mol. The van der Waals surface area contributed by atoms with Crippen LogP contribution in [0.5, 0.6) is 0 Å². The minimum Gasteiger partial charge on any atom is -0.460 e. The zero-order valence-electron chi connectivity index (χ0n) is 15.0. The van der Waals surface area contributed by atoms with Crippen LogP contribution in [0.3, 0.4) is 0 Å². The number of anilines is 1. The normalized spacial score (nSPS) is 32.6. The Morgan fingerprint density at radius 1 is 1.46 bits per heavy atom. The largest absolute Gasteiger partial charge is 0.460 e. The lowest BCUT2D eigenvalue weighted by Gasteiger charge is -2.27. The van der Waals surface area contributed by atoms with Gasteiger partial charge in [-0.05, 0) is 19.1 Å². The van der Waals surface area contributed by atoms with E-state index in [1.165, 1.54) is 17.8 Å². The molecule has 2 aromatic heterocycles. The van der Waals surface area contributed by atoms with Gasteiger partial charge in [0.2, 0.25) is 0 Å². The van der Waals surface area contributed by atoms with E-state index in [-0.39, 0.29) is 25.3 Å². The van der Waals surface area contributed by atoms with E-state index in [0.29, 0.717) is 11.2 Å². The highest BCUT2D eigenvalue weighted by Gasteiger charge is 2.53. The van der Waals surface area contributed by atoms with Gasteiger partial charge in [0, 0.05) is 12.8 Å². The first-order valence-electron chi connectivity index (χ1n) is 8.78. The first-order chi connectivity index (χ1) is 13.3. The molecular formula is C17H20N4O7. The van der Waals surface area contributed by atoms with Gasteiger partial charge in [-0.1, -0.05) is 0 Å². The molecule has 4 rings (SSSR count). The van der Waals surface area contributed by atoms with Gasteiger partial charge < -0.3 is 30.2 Å². The van der Waals surface area contributed by atoms with Crippen molar-refractivity contribution in [3.63, 3.8) is 0 Å². The fraction of sp³-hybridized carbons (Fsp3) is 0.529. The summed E-state index contributed by atoms with van der Waals surface area (Å²) in [6.45, 7) is 1.20. The second kappa shape index (κ2) is 6.69. The molecule has 4 heterocycles. The molecule has 4 N–H and O–H groups in total. The van der Waals surface area contributed by atoms with Crippen LogP contribution in [0.2, 0.25) is 0 Å². The Morgan fingerprint density at radius 3 is 2.96 bits per heavy atom. The van der Waals surface area contributed by atoms with Crippen LogP contribution in [0.1, 0.15) is 31.6 Å². The summed E-state index contributed by atoms with van der Waals surface area (Å²) < 4.78 is 17.4. The number of fused-ring (bicyclic) bond motifs is 1. The third-order valence-corrected chi connectivity index (χ3v) is 5.11. The van der Waals surface area contributed by atoms with Crippen LogP contribution >= 0.6 is 0 Å². The number of esters is 2. The predicted octanol–water partition coefficient (Wildman–Crippen LogP) is -0.888. The summed E-state index contributed by atoms with van der Waals surface area (Å²) in [5, 5.41) is 25.2. The Kier molecular flexibility index (Phi) is 4.44. The summed E-state index contributed by atoms with van der Waals surface area (Å²) in [5.74, 6) is -0.909. The number of carbonyl (C=O) groups is 2. The summed E-state index contributed by atoms with van der Waals surface area (Å²) in [5.41, 5.74) is 5.45. The number of cyclic esters (lactones) is 1. The molecule has 28 heavy (non-hydrogen) atoms. The third kappa shape index (κ3) is 2.97. The van der Waals surface area contributed by atoms with Crippen molar-refractivity contribution in [1.29, 1.82) is 0 Å². The van der Waals surface area contributed by atoms with Gasteiger partial charge in [-0.15, -0.1) is 0 Å². The van der Waals surface area contributed by atoms with Crippen LogP contribution in [0.4, 0.5) is 5.82 Å². The van der Waals surface area contributed by atoms with Crippen LogP contribution in [-0.2, 0) is 23.8 Å². The molecule has 0 aromatic carbocycles. The minimum atomic E-state index is -1.37. The number of nitrogens with two attached hydrogens (primary N) is 1. The first kappa shape index (κ1) is 18.6. The SMILES string of the molecule is C[C@]1(COC(=O)[C@H]2CCC(=O)O2)O[C@@H](c2ccc3c(N)ncnn23)[C@H](O)[C@@H]1O. The molecule has 0 amide bonds. The van der Waals surface area contributed by atoms with Gasteiger partial charge in [-0.2, -0.15) is 5.10 Å². The van der Waals surface area contributed by atoms with Crippen molar-refractivity contribution in [2.75, 3.05) is 12.3 Å². The van der Waals surface area contributed by atoms with Gasteiger partial charge in [0.05, 0.1) is 5.69 Å². The highest BCUT2D eigenvalue weighted by atomic mass is 16.6. The van der Waals surface area contributed by atoms with Gasteiger partial charge in [-0.3, -0.25) is 4.79 Å². The number of aromatic nitrogens is 3. The van der Waals surface area contributed by atoms with Gasteiger partial charge in [0.1, 0.15) is 42.4 Å². The zero-order valence-corrected chi connectivity index (χ0v) is 15.0. The monoisotopic (exact) mass is 392 g/mol. The molecule has 11 heteroatoms. The molecule has 0 bridgehead atoms. The quantitative estimate of drug-likeness (QED) is 0.557. The average molecular weight is 392 g/mol. The topological polar surface area (TPSA) is 158 Å². The zero-order chi connectivity index (χ0) is 20.1. The van der Waals surface area contributed by atoms with Gasteiger partial charge in [0.15, 0.2) is 11.9 Å². The molecule has 2 aromatic rings. The fourth-order valence-electron chi connectivity index (χ4n) is 3.50. The number of ether oxygens (including phenoxy) is 3. The summed E-state index contributed by atoms with van der Waals surface area (Å²) in [7, 11) is 0. The van der Waals surface area contributed by atoms with E-state index in [1.54, 1.807) is 12.1 Å². The maximum Gasteiger partial charge on any atom is 0.347 e. The number of aliphatic hydroxyl groups is 2. The number of nitrogen functional groups attached to an aromatic ring is 1. The molecule has 2 fully saturated rings. The average Bonchev–Trinajstić information content (AvgIpc) is 3.35. The Morgan fingerprint density at radius 2 is 2.25 bits per heavy atom. The molecular weight excluding hydrogens is 372 g/mol. The number of aliphatic hydroxyl groups excluding tert-OH is 2. The van der Waals surface area contributed by atoms with Crippen molar-refractivity contribution < 1.29 is 34.0 Å². The van der Waals surface area contributed by atoms with E-state index in [9.17, 15) is 19.8 Å². The van der Waals surface area contributed by atoms with Crippen LogP contribution < -0.4 is 5.73 Å². The van der Waals surface area contributed by atoms with E-state index in [1.807, 2.05) is 0 Å². The Balaban J connectivity index is 1.51. The minimum absolute atomic E-state index is 0.156. The van der Waals surface area contributed by atoms with Crippen molar-refractivity contribution in [1.82, 2.24) is 14.6 Å². The van der Waals surface area contributed by atoms with Crippen molar-refractivity contribution in [2.24, 2.45) is 0 Å². The Hall–Kier alpha value is -2.76. The molecule has 2 aliphatic heterocycles. The van der Waals surface area contributed by atoms with E-state index >= 15 is 0 Å². The van der Waals surface area contributed by atoms with Crippen molar-refractivity contribution >= 4 is 23.3 Å². The van der Waals surface area contributed by atoms with Gasteiger partial charge in [-0.25, -0.2) is 14.3 Å². The first-order valence-corrected chi connectivity index (χ1v) is 8.78.